The van der Waals surface area contributed by atoms with Crippen LogP contribution in [0.25, 0.3) is 37.9 Å². The van der Waals surface area contributed by atoms with Crippen molar-refractivity contribution in [3.8, 4) is 0 Å². The molecule has 0 fully saturated rings. The van der Waals surface area contributed by atoms with E-state index < -0.39 is 0 Å². The largest absolute Gasteiger partial charge is 0.0836 e. The molecule has 0 spiro atoms. The standard InChI is InChI=1S/C28H19Cl/c29-27-13-5-8-19-7-3-12-24(28(19)27)23-11-4-9-20-16-25-21(17-26(20)23)15-14-18-6-1-2-10-22(18)25/h1-3,5-8,10-17H,4,9H2. The molecule has 5 aromatic carbocycles. The van der Waals surface area contributed by atoms with Crippen LogP contribution in [-0.2, 0) is 6.42 Å². The molecule has 0 atom stereocenters. The lowest BCUT2D eigenvalue weighted by Gasteiger charge is -2.21. The summed E-state index contributed by atoms with van der Waals surface area (Å²) in [6, 6.07) is 30.6. The molecule has 5 aromatic rings. The van der Waals surface area contributed by atoms with Crippen molar-refractivity contribution in [2.75, 3.05) is 0 Å². The van der Waals surface area contributed by atoms with Crippen LogP contribution in [0.1, 0.15) is 23.1 Å². The fourth-order valence-electron chi connectivity index (χ4n) is 4.81. The maximum absolute atomic E-state index is 6.64. The highest BCUT2D eigenvalue weighted by Crippen LogP contribution is 2.40. The Morgan fingerprint density at radius 1 is 0.621 bits per heavy atom. The third kappa shape index (κ3) is 2.60. The molecule has 1 aliphatic carbocycles. The predicted octanol–water partition coefficient (Wildman–Crippen LogP) is 8.18. The van der Waals surface area contributed by atoms with Gasteiger partial charge in [0.25, 0.3) is 0 Å². The van der Waals surface area contributed by atoms with Gasteiger partial charge in [-0.2, -0.15) is 0 Å². The molecule has 0 heterocycles. The first-order valence-corrected chi connectivity index (χ1v) is 10.5. The molecule has 6 rings (SSSR count). The first kappa shape index (κ1) is 16.8. The third-order valence-electron chi connectivity index (χ3n) is 6.17. The second-order valence-electron chi connectivity index (χ2n) is 7.82. The highest BCUT2D eigenvalue weighted by Gasteiger charge is 2.18. The van der Waals surface area contributed by atoms with Gasteiger partial charge in [0.1, 0.15) is 0 Å². The summed E-state index contributed by atoms with van der Waals surface area (Å²) in [6.07, 6.45) is 4.52. The maximum atomic E-state index is 6.64. The number of aryl methyl sites for hydroxylation is 1. The number of benzene rings is 5. The number of hydrogen-bond acceptors (Lipinski definition) is 0. The van der Waals surface area contributed by atoms with E-state index in [2.05, 4.69) is 78.9 Å². The topological polar surface area (TPSA) is 0 Å². The van der Waals surface area contributed by atoms with Crippen LogP contribution in [0.15, 0.2) is 91.0 Å². The summed E-state index contributed by atoms with van der Waals surface area (Å²) < 4.78 is 0. The lowest BCUT2D eigenvalue weighted by atomic mass is 9.83. The van der Waals surface area contributed by atoms with E-state index in [-0.39, 0.29) is 0 Å². The molecule has 1 aliphatic rings. The maximum Gasteiger partial charge on any atom is 0.0490 e. The molecule has 0 nitrogen and oxygen atoms in total. The molecular formula is C28H19Cl. The smallest absolute Gasteiger partial charge is 0.0490 e. The van der Waals surface area contributed by atoms with E-state index in [9.17, 15) is 0 Å². The van der Waals surface area contributed by atoms with Gasteiger partial charge < -0.3 is 0 Å². The van der Waals surface area contributed by atoms with Crippen molar-refractivity contribution in [1.82, 2.24) is 0 Å². The van der Waals surface area contributed by atoms with Crippen molar-refractivity contribution in [3.63, 3.8) is 0 Å². The minimum atomic E-state index is 0.818. The molecule has 0 amide bonds. The van der Waals surface area contributed by atoms with Crippen LogP contribution < -0.4 is 0 Å². The van der Waals surface area contributed by atoms with Crippen LogP contribution in [0.2, 0.25) is 5.02 Å². The van der Waals surface area contributed by atoms with Crippen LogP contribution in [0.5, 0.6) is 0 Å². The highest BCUT2D eigenvalue weighted by atomic mass is 35.5. The quantitative estimate of drug-likeness (QED) is 0.253. The summed E-state index contributed by atoms with van der Waals surface area (Å²) in [5.41, 5.74) is 5.30. The van der Waals surface area contributed by atoms with Gasteiger partial charge in [-0.1, -0.05) is 84.4 Å². The average molecular weight is 391 g/mol. The molecule has 0 saturated heterocycles. The number of fused-ring (bicyclic) bond motifs is 5. The zero-order chi connectivity index (χ0) is 19.4. The van der Waals surface area contributed by atoms with Gasteiger partial charge in [-0.25, -0.2) is 0 Å². The monoisotopic (exact) mass is 390 g/mol. The Morgan fingerprint density at radius 3 is 2.34 bits per heavy atom. The van der Waals surface area contributed by atoms with Crippen molar-refractivity contribution in [3.05, 3.63) is 113 Å². The van der Waals surface area contributed by atoms with E-state index >= 15 is 0 Å². The Hall–Kier alpha value is -3.09. The van der Waals surface area contributed by atoms with Crippen LogP contribution in [-0.4, -0.2) is 0 Å². The minimum absolute atomic E-state index is 0.818. The summed E-state index contributed by atoms with van der Waals surface area (Å²) >= 11 is 6.64. The van der Waals surface area contributed by atoms with E-state index in [4.69, 9.17) is 11.6 Å². The van der Waals surface area contributed by atoms with Gasteiger partial charge >= 0.3 is 0 Å². The fraction of sp³-hybridized carbons (Fsp3) is 0.0714. The Bertz CT molecular complexity index is 1450. The van der Waals surface area contributed by atoms with Gasteiger partial charge in [-0.15, -0.1) is 0 Å². The Morgan fingerprint density at radius 2 is 1.41 bits per heavy atom. The summed E-state index contributed by atoms with van der Waals surface area (Å²) in [6.45, 7) is 0. The average Bonchev–Trinajstić information content (AvgIpc) is 2.77. The molecule has 0 unspecified atom stereocenters. The first-order valence-electron chi connectivity index (χ1n) is 10.1. The lowest BCUT2D eigenvalue weighted by Crippen LogP contribution is -2.02. The van der Waals surface area contributed by atoms with E-state index in [1.165, 1.54) is 49.2 Å². The van der Waals surface area contributed by atoms with Gasteiger partial charge in [0.05, 0.1) is 0 Å². The van der Waals surface area contributed by atoms with Crippen LogP contribution >= 0.6 is 11.6 Å². The number of rotatable bonds is 1. The van der Waals surface area contributed by atoms with Gasteiger partial charge in [-0.05, 0) is 80.2 Å². The van der Waals surface area contributed by atoms with Crippen LogP contribution in [0, 0.1) is 0 Å². The second kappa shape index (κ2) is 6.47. The third-order valence-corrected chi connectivity index (χ3v) is 6.48. The Labute approximate surface area is 175 Å². The Balaban J connectivity index is 1.64. The first-order chi connectivity index (χ1) is 14.3. The number of halogens is 1. The van der Waals surface area contributed by atoms with Crippen molar-refractivity contribution in [2.45, 2.75) is 12.8 Å². The van der Waals surface area contributed by atoms with Crippen molar-refractivity contribution < 1.29 is 0 Å². The number of hydrogen-bond donors (Lipinski definition) is 0. The zero-order valence-electron chi connectivity index (χ0n) is 16.0. The lowest BCUT2D eigenvalue weighted by molar-refractivity contribution is 0.981. The normalized spacial score (nSPS) is 13.6. The van der Waals surface area contributed by atoms with Crippen molar-refractivity contribution in [2.24, 2.45) is 0 Å². The van der Waals surface area contributed by atoms with Gasteiger partial charge in [0.2, 0.25) is 0 Å². The van der Waals surface area contributed by atoms with Gasteiger partial charge in [-0.3, -0.25) is 0 Å². The molecule has 0 aliphatic heterocycles. The molecule has 0 saturated carbocycles. The highest BCUT2D eigenvalue weighted by molar-refractivity contribution is 6.36. The second-order valence-corrected chi connectivity index (χ2v) is 8.22. The molecule has 138 valence electrons. The number of allylic oxidation sites excluding steroid dienone is 1. The van der Waals surface area contributed by atoms with Crippen LogP contribution in [0.4, 0.5) is 0 Å². The molecule has 1 heteroatoms. The van der Waals surface area contributed by atoms with Gasteiger partial charge in [0.15, 0.2) is 0 Å². The van der Waals surface area contributed by atoms with E-state index in [0.29, 0.717) is 0 Å². The van der Waals surface area contributed by atoms with Gasteiger partial charge in [0, 0.05) is 10.4 Å². The van der Waals surface area contributed by atoms with Crippen molar-refractivity contribution >= 4 is 49.5 Å². The molecular weight excluding hydrogens is 372 g/mol. The summed E-state index contributed by atoms with van der Waals surface area (Å²) in [5, 5.41) is 8.42. The van der Waals surface area contributed by atoms with E-state index in [1.807, 2.05) is 12.1 Å². The summed E-state index contributed by atoms with van der Waals surface area (Å²) in [5.74, 6) is 0. The SMILES string of the molecule is Clc1cccc2cccc(C3=CCCc4cc5c(ccc6ccccc65)cc43)c12. The molecule has 0 radical (unpaired) electrons. The van der Waals surface area contributed by atoms with E-state index in [0.717, 1.165) is 23.3 Å². The van der Waals surface area contributed by atoms with E-state index in [1.54, 1.807) is 0 Å². The van der Waals surface area contributed by atoms with Crippen molar-refractivity contribution in [1.29, 1.82) is 0 Å². The molecule has 29 heavy (non-hydrogen) atoms. The Kier molecular flexibility index (Phi) is 3.76. The zero-order valence-corrected chi connectivity index (χ0v) is 16.7. The fourth-order valence-corrected chi connectivity index (χ4v) is 5.10. The summed E-state index contributed by atoms with van der Waals surface area (Å²) in [4.78, 5) is 0. The summed E-state index contributed by atoms with van der Waals surface area (Å²) in [7, 11) is 0. The molecule has 0 aromatic heterocycles. The molecule has 0 N–H and O–H groups in total. The predicted molar refractivity (Wildman–Crippen MR) is 126 cm³/mol. The van der Waals surface area contributed by atoms with Crippen LogP contribution in [0.3, 0.4) is 0 Å². The molecule has 0 bridgehead atoms. The minimum Gasteiger partial charge on any atom is -0.0836 e.